The molecule has 0 aromatic heterocycles. The van der Waals surface area contributed by atoms with E-state index in [-0.39, 0.29) is 43.4 Å². The molecule has 1 amide bonds. The molecule has 2 rings (SSSR count). The van der Waals surface area contributed by atoms with Gasteiger partial charge in [-0.25, -0.2) is 0 Å². The molecule has 0 aromatic carbocycles. The lowest BCUT2D eigenvalue weighted by Crippen LogP contribution is -2.55. The molecule has 1 heterocycles. The minimum Gasteiger partial charge on any atom is -0.481 e. The molecule has 21 heavy (non-hydrogen) atoms. The summed E-state index contributed by atoms with van der Waals surface area (Å²) >= 11 is 0. The first-order chi connectivity index (χ1) is 9.70. The van der Waals surface area contributed by atoms with E-state index in [1.807, 2.05) is 0 Å². The Morgan fingerprint density at radius 2 is 1.67 bits per heavy atom. The van der Waals surface area contributed by atoms with Gasteiger partial charge in [-0.05, 0) is 25.7 Å². The van der Waals surface area contributed by atoms with Crippen molar-refractivity contribution in [1.82, 2.24) is 4.90 Å². The van der Waals surface area contributed by atoms with Crippen LogP contribution >= 0.6 is 0 Å². The van der Waals surface area contributed by atoms with Gasteiger partial charge in [0.05, 0.1) is 11.8 Å². The normalized spacial score (nSPS) is 28.9. The van der Waals surface area contributed by atoms with Crippen molar-refractivity contribution in [3.05, 3.63) is 0 Å². The lowest BCUT2D eigenvalue weighted by Gasteiger charge is -2.43. The monoisotopic (exact) mass is 307 g/mol. The summed E-state index contributed by atoms with van der Waals surface area (Å²) in [5.41, 5.74) is 0. The molecule has 2 aliphatic rings. The molecule has 1 unspecified atom stereocenters. The highest BCUT2D eigenvalue weighted by molar-refractivity contribution is 5.80. The number of carboxylic acid groups (broad SMARTS) is 1. The maximum atomic E-state index is 12.6. The Bertz CT molecular complexity index is 410. The molecule has 1 aliphatic carbocycles. The summed E-state index contributed by atoms with van der Waals surface area (Å²) in [4.78, 5) is 24.6. The van der Waals surface area contributed by atoms with Crippen molar-refractivity contribution in [2.75, 3.05) is 13.1 Å². The van der Waals surface area contributed by atoms with Crippen LogP contribution in [-0.4, -0.2) is 41.1 Å². The highest BCUT2D eigenvalue weighted by Crippen LogP contribution is 2.40. The lowest BCUT2D eigenvalue weighted by molar-refractivity contribution is -0.186. The van der Waals surface area contributed by atoms with E-state index in [1.165, 1.54) is 0 Å². The van der Waals surface area contributed by atoms with Gasteiger partial charge in [0, 0.05) is 24.9 Å². The van der Waals surface area contributed by atoms with Crippen LogP contribution in [-0.2, 0) is 9.59 Å². The van der Waals surface area contributed by atoms with Crippen LogP contribution in [0.2, 0.25) is 0 Å². The third-order valence-corrected chi connectivity index (χ3v) is 4.86. The number of alkyl halides is 3. The third kappa shape index (κ3) is 3.49. The summed E-state index contributed by atoms with van der Waals surface area (Å²) in [5, 5.41) is 8.89. The minimum atomic E-state index is -4.16. The highest BCUT2D eigenvalue weighted by Gasteiger charge is 2.44. The van der Waals surface area contributed by atoms with E-state index < -0.39 is 24.0 Å². The van der Waals surface area contributed by atoms with Crippen LogP contribution in [0.25, 0.3) is 0 Å². The van der Waals surface area contributed by atoms with E-state index in [0.717, 1.165) is 0 Å². The van der Waals surface area contributed by atoms with Gasteiger partial charge in [-0.3, -0.25) is 9.59 Å². The van der Waals surface area contributed by atoms with Crippen molar-refractivity contribution in [1.29, 1.82) is 0 Å². The Balaban J connectivity index is 1.78. The number of hydrogen-bond acceptors (Lipinski definition) is 2. The zero-order valence-electron chi connectivity index (χ0n) is 11.9. The molecule has 0 spiro atoms. The number of carbonyl (C=O) groups excluding carboxylic acids is 1. The molecule has 0 aromatic rings. The molecule has 120 valence electrons. The fourth-order valence-corrected chi connectivity index (χ4v) is 3.14. The maximum Gasteiger partial charge on any atom is 0.391 e. The van der Waals surface area contributed by atoms with E-state index in [9.17, 15) is 22.8 Å². The van der Waals surface area contributed by atoms with Gasteiger partial charge in [0.1, 0.15) is 0 Å². The van der Waals surface area contributed by atoms with Crippen LogP contribution in [0.5, 0.6) is 0 Å². The van der Waals surface area contributed by atoms with E-state index in [1.54, 1.807) is 11.8 Å². The number of carbonyl (C=O) groups is 2. The second-order valence-corrected chi connectivity index (χ2v) is 6.22. The number of hydrogen-bond donors (Lipinski definition) is 1. The summed E-state index contributed by atoms with van der Waals surface area (Å²) in [5.74, 6) is -3.13. The number of rotatable bonds is 3. The SMILES string of the molecule is CC(C(=O)O)C1CN(C(=O)C2CCC(C(F)(F)F)CC2)C1. The van der Waals surface area contributed by atoms with Crippen molar-refractivity contribution < 1.29 is 27.9 Å². The number of halogens is 3. The minimum absolute atomic E-state index is 0.0166. The Kier molecular flexibility index (Phi) is 4.49. The van der Waals surface area contributed by atoms with Crippen LogP contribution < -0.4 is 0 Å². The molecule has 1 N–H and O–H groups in total. The van der Waals surface area contributed by atoms with Crippen molar-refractivity contribution in [2.24, 2.45) is 23.7 Å². The van der Waals surface area contributed by atoms with Crippen LogP contribution in [0.1, 0.15) is 32.6 Å². The van der Waals surface area contributed by atoms with Crippen molar-refractivity contribution >= 4 is 11.9 Å². The third-order valence-electron chi connectivity index (χ3n) is 4.86. The zero-order valence-corrected chi connectivity index (χ0v) is 11.9. The van der Waals surface area contributed by atoms with Gasteiger partial charge in [0.2, 0.25) is 5.91 Å². The average Bonchev–Trinajstić information content (AvgIpc) is 2.35. The van der Waals surface area contributed by atoms with Gasteiger partial charge in [0.15, 0.2) is 0 Å². The highest BCUT2D eigenvalue weighted by atomic mass is 19.4. The molecule has 1 aliphatic heterocycles. The molecular formula is C14H20F3NO3. The van der Waals surface area contributed by atoms with Crippen molar-refractivity contribution in [3.63, 3.8) is 0 Å². The number of carboxylic acids is 1. The molecule has 4 nitrogen and oxygen atoms in total. The molecule has 0 bridgehead atoms. The summed E-state index contributed by atoms with van der Waals surface area (Å²) in [6.45, 7) is 2.43. The standard InChI is InChI=1S/C14H20F3NO3/c1-8(13(20)21)10-6-18(7-10)12(19)9-2-4-11(5-3-9)14(15,16)17/h8-11H,2-7H2,1H3,(H,20,21). The fourth-order valence-electron chi connectivity index (χ4n) is 3.14. The van der Waals surface area contributed by atoms with E-state index in [4.69, 9.17) is 5.11 Å². The van der Waals surface area contributed by atoms with Gasteiger partial charge in [-0.15, -0.1) is 0 Å². The maximum absolute atomic E-state index is 12.6. The van der Waals surface area contributed by atoms with E-state index >= 15 is 0 Å². The quantitative estimate of drug-likeness (QED) is 0.871. The van der Waals surface area contributed by atoms with Gasteiger partial charge < -0.3 is 10.0 Å². The van der Waals surface area contributed by atoms with Crippen LogP contribution in [0, 0.1) is 23.7 Å². The summed E-state index contributed by atoms with van der Waals surface area (Å²) in [6.07, 6.45) is -3.57. The summed E-state index contributed by atoms with van der Waals surface area (Å²) < 4.78 is 37.7. The van der Waals surface area contributed by atoms with E-state index in [0.29, 0.717) is 13.1 Å². The summed E-state index contributed by atoms with van der Waals surface area (Å²) in [6, 6.07) is 0. The molecular weight excluding hydrogens is 287 g/mol. The first kappa shape index (κ1) is 16.1. The predicted molar refractivity (Wildman–Crippen MR) is 68.4 cm³/mol. The first-order valence-corrected chi connectivity index (χ1v) is 7.28. The second-order valence-electron chi connectivity index (χ2n) is 6.22. The fraction of sp³-hybridized carbons (Fsp3) is 0.857. The van der Waals surface area contributed by atoms with Crippen molar-refractivity contribution in [2.45, 2.75) is 38.8 Å². The Labute approximate surface area is 121 Å². The molecule has 0 radical (unpaired) electrons. The van der Waals surface area contributed by atoms with Crippen LogP contribution in [0.15, 0.2) is 0 Å². The van der Waals surface area contributed by atoms with Gasteiger partial charge >= 0.3 is 12.1 Å². The Morgan fingerprint density at radius 3 is 2.10 bits per heavy atom. The zero-order chi connectivity index (χ0) is 15.8. The van der Waals surface area contributed by atoms with Crippen LogP contribution in [0.3, 0.4) is 0 Å². The second kappa shape index (κ2) is 5.85. The Hall–Kier alpha value is -1.27. The van der Waals surface area contributed by atoms with Crippen LogP contribution in [0.4, 0.5) is 13.2 Å². The number of amides is 1. The number of aliphatic carboxylic acids is 1. The van der Waals surface area contributed by atoms with Gasteiger partial charge in [-0.2, -0.15) is 13.2 Å². The van der Waals surface area contributed by atoms with Gasteiger partial charge in [0.25, 0.3) is 0 Å². The van der Waals surface area contributed by atoms with Crippen molar-refractivity contribution in [3.8, 4) is 0 Å². The number of likely N-dealkylation sites (tertiary alicyclic amines) is 1. The predicted octanol–water partition coefficient (Wildman–Crippen LogP) is 2.53. The molecule has 7 heteroatoms. The molecule has 2 fully saturated rings. The topological polar surface area (TPSA) is 57.6 Å². The lowest BCUT2D eigenvalue weighted by atomic mass is 9.79. The molecule has 1 saturated heterocycles. The molecule has 1 saturated carbocycles. The average molecular weight is 307 g/mol. The summed E-state index contributed by atoms with van der Waals surface area (Å²) in [7, 11) is 0. The largest absolute Gasteiger partial charge is 0.481 e. The smallest absolute Gasteiger partial charge is 0.391 e. The van der Waals surface area contributed by atoms with E-state index in [2.05, 4.69) is 0 Å². The Morgan fingerprint density at radius 1 is 1.14 bits per heavy atom. The molecule has 1 atom stereocenters. The first-order valence-electron chi connectivity index (χ1n) is 7.28. The van der Waals surface area contributed by atoms with Gasteiger partial charge in [-0.1, -0.05) is 6.92 Å². The number of nitrogens with zero attached hydrogens (tertiary/aromatic N) is 1.